The maximum absolute atomic E-state index is 14.8. The number of hydrogen-bond donors (Lipinski definition) is 2. The molecule has 0 bridgehead atoms. The van der Waals surface area contributed by atoms with Crippen molar-refractivity contribution in [3.05, 3.63) is 51.1 Å². The molecule has 0 aliphatic carbocycles. The van der Waals surface area contributed by atoms with E-state index in [0.717, 1.165) is 14.8 Å². The van der Waals surface area contributed by atoms with Crippen molar-refractivity contribution in [2.24, 2.45) is 7.05 Å². The van der Waals surface area contributed by atoms with Crippen LogP contribution in [0.2, 0.25) is 0 Å². The van der Waals surface area contributed by atoms with Crippen LogP contribution in [0.3, 0.4) is 0 Å². The average molecular weight is 411 g/mol. The Morgan fingerprint density at radius 2 is 2.14 bits per heavy atom. The first-order chi connectivity index (χ1) is 10.5. The van der Waals surface area contributed by atoms with Crippen molar-refractivity contribution in [3.8, 4) is 0 Å². The number of halogens is 2. The van der Waals surface area contributed by atoms with Gasteiger partial charge in [0.2, 0.25) is 0 Å². The van der Waals surface area contributed by atoms with E-state index >= 15 is 0 Å². The van der Waals surface area contributed by atoms with Crippen molar-refractivity contribution < 1.29 is 9.50 Å². The van der Waals surface area contributed by atoms with Crippen LogP contribution in [0.5, 0.6) is 0 Å². The predicted octanol–water partition coefficient (Wildman–Crippen LogP) is 3.86. The minimum atomic E-state index is -0.444. The molecule has 0 fully saturated rings. The molecule has 0 saturated carbocycles. The molecule has 0 saturated heterocycles. The van der Waals surface area contributed by atoms with Crippen molar-refractivity contribution in [1.29, 1.82) is 0 Å². The minimum absolute atomic E-state index is 0.246. The standard InChI is InChI=1S/C16H15FIN3O/c1-9-5-11(18)3-4-12(9)20-15-10(7-22)6-13-16(14(15)17)19-8-21(13)2/h3-6,8,20,22H,7H2,1-2H3. The van der Waals surface area contributed by atoms with Gasteiger partial charge in [-0.2, -0.15) is 0 Å². The normalized spacial score (nSPS) is 11.1. The number of nitrogens with one attached hydrogen (secondary N) is 1. The van der Waals surface area contributed by atoms with E-state index in [1.54, 1.807) is 24.0 Å². The molecular formula is C16H15FIN3O. The fraction of sp³-hybridized carbons (Fsp3) is 0.188. The van der Waals surface area contributed by atoms with Crippen LogP contribution in [0.4, 0.5) is 15.8 Å². The molecule has 3 rings (SSSR count). The first-order valence-electron chi connectivity index (χ1n) is 6.77. The van der Waals surface area contributed by atoms with Gasteiger partial charge in [-0.25, -0.2) is 9.37 Å². The number of nitrogens with zero attached hydrogens (tertiary/aromatic N) is 2. The lowest BCUT2D eigenvalue weighted by atomic mass is 10.1. The number of aliphatic hydroxyl groups excluding tert-OH is 1. The third-order valence-electron chi connectivity index (χ3n) is 3.66. The van der Waals surface area contributed by atoms with Crippen molar-refractivity contribution in [3.63, 3.8) is 0 Å². The molecule has 1 heterocycles. The van der Waals surface area contributed by atoms with Crippen molar-refractivity contribution in [1.82, 2.24) is 9.55 Å². The number of hydrogen-bond acceptors (Lipinski definition) is 3. The molecule has 3 aromatic rings. The van der Waals surface area contributed by atoms with Crippen molar-refractivity contribution >= 4 is 45.0 Å². The molecule has 0 unspecified atom stereocenters. The Labute approximate surface area is 141 Å². The van der Waals surface area contributed by atoms with Gasteiger partial charge >= 0.3 is 0 Å². The van der Waals surface area contributed by atoms with E-state index in [4.69, 9.17) is 0 Å². The van der Waals surface area contributed by atoms with E-state index in [9.17, 15) is 9.50 Å². The third-order valence-corrected chi connectivity index (χ3v) is 4.33. The average Bonchev–Trinajstić information content (AvgIpc) is 2.85. The molecule has 6 heteroatoms. The molecule has 0 atom stereocenters. The molecule has 0 spiro atoms. The summed E-state index contributed by atoms with van der Waals surface area (Å²) in [7, 11) is 1.80. The lowest BCUT2D eigenvalue weighted by Crippen LogP contribution is -2.02. The van der Waals surface area contributed by atoms with Gasteiger partial charge < -0.3 is 15.0 Å². The van der Waals surface area contributed by atoms with Gasteiger partial charge in [0.15, 0.2) is 5.82 Å². The number of aryl methyl sites for hydroxylation is 2. The Morgan fingerprint density at radius 3 is 2.82 bits per heavy atom. The molecule has 114 valence electrons. The summed E-state index contributed by atoms with van der Waals surface area (Å²) in [6.07, 6.45) is 1.56. The molecule has 1 aromatic heterocycles. The van der Waals surface area contributed by atoms with Crippen LogP contribution < -0.4 is 5.32 Å². The fourth-order valence-electron chi connectivity index (χ4n) is 2.44. The molecule has 2 aromatic carbocycles. The first-order valence-corrected chi connectivity index (χ1v) is 7.85. The van der Waals surface area contributed by atoms with Gasteiger partial charge in [0, 0.05) is 21.9 Å². The van der Waals surface area contributed by atoms with Crippen LogP contribution in [0.25, 0.3) is 11.0 Å². The lowest BCUT2D eigenvalue weighted by molar-refractivity contribution is 0.282. The van der Waals surface area contributed by atoms with Crippen LogP contribution in [0, 0.1) is 16.3 Å². The van der Waals surface area contributed by atoms with E-state index in [-0.39, 0.29) is 12.3 Å². The molecule has 22 heavy (non-hydrogen) atoms. The van der Waals surface area contributed by atoms with Crippen LogP contribution in [-0.4, -0.2) is 14.7 Å². The van der Waals surface area contributed by atoms with Crippen LogP contribution >= 0.6 is 22.6 Å². The van der Waals surface area contributed by atoms with Gasteiger partial charge in [0.05, 0.1) is 24.1 Å². The largest absolute Gasteiger partial charge is 0.392 e. The number of rotatable bonds is 3. The van der Waals surface area contributed by atoms with Crippen molar-refractivity contribution in [2.45, 2.75) is 13.5 Å². The van der Waals surface area contributed by atoms with E-state index in [1.807, 2.05) is 25.1 Å². The molecular weight excluding hydrogens is 396 g/mol. The Kier molecular flexibility index (Phi) is 4.05. The summed E-state index contributed by atoms with van der Waals surface area (Å²) in [5.41, 5.74) is 3.56. The first kappa shape index (κ1) is 15.2. The maximum atomic E-state index is 14.8. The van der Waals surface area contributed by atoms with Gasteiger partial charge in [-0.3, -0.25) is 0 Å². The van der Waals surface area contributed by atoms with Gasteiger partial charge in [-0.15, -0.1) is 0 Å². The zero-order valence-corrected chi connectivity index (χ0v) is 14.3. The molecule has 0 aliphatic heterocycles. The second kappa shape index (κ2) is 5.85. The second-order valence-electron chi connectivity index (χ2n) is 5.19. The van der Waals surface area contributed by atoms with E-state index in [1.165, 1.54) is 0 Å². The summed E-state index contributed by atoms with van der Waals surface area (Å²) in [6, 6.07) is 7.63. The Bertz CT molecular complexity index is 860. The van der Waals surface area contributed by atoms with Crippen LogP contribution in [0.1, 0.15) is 11.1 Å². The van der Waals surface area contributed by atoms with Crippen molar-refractivity contribution in [2.75, 3.05) is 5.32 Å². The lowest BCUT2D eigenvalue weighted by Gasteiger charge is -2.15. The van der Waals surface area contributed by atoms with E-state index < -0.39 is 5.82 Å². The molecule has 0 aliphatic rings. The van der Waals surface area contributed by atoms with Crippen LogP contribution in [0.15, 0.2) is 30.6 Å². The Morgan fingerprint density at radius 1 is 1.36 bits per heavy atom. The topological polar surface area (TPSA) is 50.1 Å². The number of benzene rings is 2. The highest BCUT2D eigenvalue weighted by atomic mass is 127. The van der Waals surface area contributed by atoms with Gasteiger partial charge in [0.25, 0.3) is 0 Å². The number of fused-ring (bicyclic) bond motifs is 1. The zero-order chi connectivity index (χ0) is 15.9. The quantitative estimate of drug-likeness (QED) is 0.644. The minimum Gasteiger partial charge on any atom is -0.392 e. The number of imidazole rings is 1. The zero-order valence-electron chi connectivity index (χ0n) is 12.2. The highest BCUT2D eigenvalue weighted by Gasteiger charge is 2.17. The molecule has 0 radical (unpaired) electrons. The summed E-state index contributed by atoms with van der Waals surface area (Å²) in [5.74, 6) is -0.444. The van der Waals surface area contributed by atoms with Crippen LogP contribution in [-0.2, 0) is 13.7 Å². The highest BCUT2D eigenvalue weighted by Crippen LogP contribution is 2.31. The molecule has 0 amide bonds. The van der Waals surface area contributed by atoms with E-state index in [0.29, 0.717) is 16.6 Å². The number of aromatic nitrogens is 2. The summed E-state index contributed by atoms with van der Waals surface area (Å²) in [4.78, 5) is 4.10. The second-order valence-corrected chi connectivity index (χ2v) is 6.44. The fourth-order valence-corrected chi connectivity index (χ4v) is 3.08. The predicted molar refractivity (Wildman–Crippen MR) is 93.8 cm³/mol. The monoisotopic (exact) mass is 411 g/mol. The highest BCUT2D eigenvalue weighted by molar-refractivity contribution is 14.1. The van der Waals surface area contributed by atoms with E-state index in [2.05, 4.69) is 32.9 Å². The number of aliphatic hydroxyl groups is 1. The summed E-state index contributed by atoms with van der Waals surface area (Å²) in [5, 5.41) is 12.7. The number of anilines is 2. The van der Waals surface area contributed by atoms with Gasteiger partial charge in [-0.1, -0.05) is 0 Å². The van der Waals surface area contributed by atoms with Gasteiger partial charge in [-0.05, 0) is 59.3 Å². The summed E-state index contributed by atoms with van der Waals surface area (Å²) in [6.45, 7) is 1.71. The third kappa shape index (κ3) is 2.56. The Balaban J connectivity index is 2.15. The molecule has 4 nitrogen and oxygen atoms in total. The Hall–Kier alpha value is -1.67. The molecule has 2 N–H and O–H groups in total. The SMILES string of the molecule is Cc1cc(I)ccc1Nc1c(CO)cc2c(ncn2C)c1F. The summed E-state index contributed by atoms with van der Waals surface area (Å²) < 4.78 is 17.6. The summed E-state index contributed by atoms with van der Waals surface area (Å²) >= 11 is 2.23. The maximum Gasteiger partial charge on any atom is 0.174 e. The smallest absolute Gasteiger partial charge is 0.174 e. The van der Waals surface area contributed by atoms with Gasteiger partial charge in [0.1, 0.15) is 5.52 Å².